The van der Waals surface area contributed by atoms with Crippen LogP contribution in [0.15, 0.2) is 30.3 Å². The molecule has 1 atom stereocenters. The Morgan fingerprint density at radius 2 is 1.88 bits per heavy atom. The summed E-state index contributed by atoms with van der Waals surface area (Å²) in [6.07, 6.45) is 1.56. The molecule has 1 fully saturated rings. The maximum atomic E-state index is 12.3. The molecular weight excluding hydrogens is 336 g/mol. The third kappa shape index (κ3) is 6.71. The van der Waals surface area contributed by atoms with Crippen molar-refractivity contribution < 1.29 is 14.3 Å². The maximum absolute atomic E-state index is 12.3. The molecule has 1 aliphatic heterocycles. The van der Waals surface area contributed by atoms with Crippen LogP contribution in [0.25, 0.3) is 0 Å². The number of amides is 1. The Bertz CT molecular complexity index is 557. The van der Waals surface area contributed by atoms with E-state index < -0.39 is 0 Å². The van der Waals surface area contributed by atoms with Crippen molar-refractivity contribution in [2.24, 2.45) is 0 Å². The van der Waals surface area contributed by atoms with Crippen LogP contribution in [0.2, 0.25) is 0 Å². The summed E-state index contributed by atoms with van der Waals surface area (Å²) < 4.78 is 5.66. The summed E-state index contributed by atoms with van der Waals surface area (Å²) in [6, 6.07) is 10.1. The molecule has 1 saturated heterocycles. The number of carbonyl (C=O) groups excluding carboxylic acids is 2. The minimum Gasteiger partial charge on any atom is -0.461 e. The van der Waals surface area contributed by atoms with Crippen molar-refractivity contribution in [3.63, 3.8) is 0 Å². The number of rotatable bonds is 7. The largest absolute Gasteiger partial charge is 0.461 e. The summed E-state index contributed by atoms with van der Waals surface area (Å²) in [5, 5.41) is -0.173. The second kappa shape index (κ2) is 9.82. The first-order valence-electron chi connectivity index (χ1n) is 8.74. The van der Waals surface area contributed by atoms with Crippen LogP contribution < -0.4 is 0 Å². The third-order valence-electron chi connectivity index (χ3n) is 4.35. The number of ether oxygens (including phenoxy) is 1. The van der Waals surface area contributed by atoms with Gasteiger partial charge in [-0.05, 0) is 25.3 Å². The highest BCUT2D eigenvalue weighted by molar-refractivity contribution is 7.99. The fourth-order valence-electron chi connectivity index (χ4n) is 2.64. The highest BCUT2D eigenvalue weighted by atomic mass is 32.2. The van der Waals surface area contributed by atoms with Crippen LogP contribution in [0.1, 0.15) is 25.3 Å². The minimum absolute atomic E-state index is 0.0296. The zero-order valence-electron chi connectivity index (χ0n) is 15.3. The normalized spacial score (nSPS) is 17.1. The first kappa shape index (κ1) is 19.8. The first-order valence-corrected chi connectivity index (χ1v) is 9.79. The van der Waals surface area contributed by atoms with Gasteiger partial charge in [-0.25, -0.2) is 0 Å². The summed E-state index contributed by atoms with van der Waals surface area (Å²) in [5.41, 5.74) is 1.21. The van der Waals surface area contributed by atoms with Crippen molar-refractivity contribution in [1.29, 1.82) is 0 Å². The Hall–Kier alpha value is -1.53. The van der Waals surface area contributed by atoms with Gasteiger partial charge >= 0.3 is 5.97 Å². The van der Waals surface area contributed by atoms with Crippen molar-refractivity contribution >= 4 is 23.6 Å². The number of likely N-dealkylation sites (tertiary alicyclic amines) is 1. The van der Waals surface area contributed by atoms with Crippen molar-refractivity contribution in [3.05, 3.63) is 35.9 Å². The molecule has 0 aromatic heterocycles. The number of likely N-dealkylation sites (N-methyl/N-ethyl adjacent to an activating group) is 1. The average molecular weight is 365 g/mol. The Morgan fingerprint density at radius 1 is 1.24 bits per heavy atom. The lowest BCUT2D eigenvalue weighted by Crippen LogP contribution is -2.43. The van der Waals surface area contributed by atoms with E-state index in [4.69, 9.17) is 4.74 Å². The van der Waals surface area contributed by atoms with E-state index in [1.807, 2.05) is 25.1 Å². The van der Waals surface area contributed by atoms with Gasteiger partial charge in [-0.1, -0.05) is 30.3 Å². The number of benzene rings is 1. The van der Waals surface area contributed by atoms with Crippen LogP contribution in [0, 0.1) is 0 Å². The van der Waals surface area contributed by atoms with Crippen molar-refractivity contribution in [2.75, 3.05) is 33.7 Å². The molecule has 6 heteroatoms. The maximum Gasteiger partial charge on any atom is 0.319 e. The van der Waals surface area contributed by atoms with Gasteiger partial charge < -0.3 is 9.64 Å². The lowest BCUT2D eigenvalue weighted by Gasteiger charge is -2.32. The Morgan fingerprint density at radius 3 is 2.48 bits per heavy atom. The number of piperidine rings is 1. The second-order valence-corrected chi connectivity index (χ2v) is 7.97. The lowest BCUT2D eigenvalue weighted by molar-refractivity contribution is -0.150. The molecule has 138 valence electrons. The molecule has 0 saturated carbocycles. The van der Waals surface area contributed by atoms with Gasteiger partial charge in [0.15, 0.2) is 0 Å². The fraction of sp³-hybridized carbons (Fsp3) is 0.579. The number of nitrogens with zero attached hydrogens (tertiary/aromatic N) is 2. The SMILES string of the molecule is CC(SCc1ccccc1)C(=O)OC1CCN(CC(=O)N(C)C)CC1. The highest BCUT2D eigenvalue weighted by Crippen LogP contribution is 2.21. The van der Waals surface area contributed by atoms with Gasteiger partial charge in [0.1, 0.15) is 6.10 Å². The summed E-state index contributed by atoms with van der Waals surface area (Å²) in [4.78, 5) is 27.7. The van der Waals surface area contributed by atoms with Crippen molar-refractivity contribution in [3.8, 4) is 0 Å². The number of hydrogen-bond donors (Lipinski definition) is 0. The van der Waals surface area contributed by atoms with Crippen LogP contribution in [-0.4, -0.2) is 66.8 Å². The van der Waals surface area contributed by atoms with Crippen molar-refractivity contribution in [2.45, 2.75) is 36.9 Å². The molecule has 1 amide bonds. The Labute approximate surface area is 154 Å². The monoisotopic (exact) mass is 364 g/mol. The molecule has 1 aromatic carbocycles. The molecule has 1 aliphatic rings. The van der Waals surface area contributed by atoms with E-state index in [-0.39, 0.29) is 23.2 Å². The molecule has 1 unspecified atom stereocenters. The fourth-order valence-corrected chi connectivity index (χ4v) is 3.47. The smallest absolute Gasteiger partial charge is 0.319 e. The van der Waals surface area contributed by atoms with E-state index in [2.05, 4.69) is 17.0 Å². The predicted molar refractivity (Wildman–Crippen MR) is 101 cm³/mol. The molecule has 5 nitrogen and oxygen atoms in total. The second-order valence-electron chi connectivity index (χ2n) is 6.64. The molecular formula is C19H28N2O3S. The predicted octanol–water partition coefficient (Wildman–Crippen LogP) is 2.40. The van der Waals surface area contributed by atoms with Crippen LogP contribution in [-0.2, 0) is 20.1 Å². The minimum atomic E-state index is -0.173. The third-order valence-corrected chi connectivity index (χ3v) is 5.54. The topological polar surface area (TPSA) is 49.9 Å². The first-order chi connectivity index (χ1) is 12.0. The van der Waals surface area contributed by atoms with Crippen molar-refractivity contribution in [1.82, 2.24) is 9.80 Å². The molecule has 1 aromatic rings. The molecule has 1 heterocycles. The number of esters is 1. The van der Waals surface area contributed by atoms with E-state index in [0.717, 1.165) is 31.7 Å². The van der Waals surface area contributed by atoms with Crippen LogP contribution >= 0.6 is 11.8 Å². The summed E-state index contributed by atoms with van der Waals surface area (Å²) in [5.74, 6) is 0.785. The van der Waals surface area contributed by atoms with E-state index in [9.17, 15) is 9.59 Å². The Balaban J connectivity index is 1.68. The van der Waals surface area contributed by atoms with Gasteiger partial charge in [-0.15, -0.1) is 11.8 Å². The van der Waals surface area contributed by atoms with Gasteiger partial charge in [0.25, 0.3) is 0 Å². The summed E-state index contributed by atoms with van der Waals surface area (Å²) >= 11 is 1.60. The number of thioether (sulfide) groups is 1. The average Bonchev–Trinajstić information content (AvgIpc) is 2.62. The molecule has 25 heavy (non-hydrogen) atoms. The zero-order chi connectivity index (χ0) is 18.2. The highest BCUT2D eigenvalue weighted by Gasteiger charge is 2.25. The molecule has 0 aliphatic carbocycles. The van der Waals surface area contributed by atoms with Gasteiger partial charge in [-0.2, -0.15) is 0 Å². The molecule has 0 radical (unpaired) electrons. The molecule has 0 bridgehead atoms. The van der Waals surface area contributed by atoms with Crippen LogP contribution in [0.3, 0.4) is 0 Å². The zero-order valence-corrected chi connectivity index (χ0v) is 16.1. The van der Waals surface area contributed by atoms with Gasteiger partial charge in [0, 0.05) is 32.9 Å². The summed E-state index contributed by atoms with van der Waals surface area (Å²) in [7, 11) is 3.54. The number of carbonyl (C=O) groups is 2. The Kier molecular flexibility index (Phi) is 7.78. The summed E-state index contributed by atoms with van der Waals surface area (Å²) in [6.45, 7) is 3.93. The van der Waals surface area contributed by atoms with Crippen LogP contribution in [0.4, 0.5) is 0 Å². The molecule has 2 rings (SSSR count). The van der Waals surface area contributed by atoms with E-state index in [1.165, 1.54) is 5.56 Å². The molecule has 0 spiro atoms. The molecule has 0 N–H and O–H groups in total. The van der Waals surface area contributed by atoms with E-state index in [0.29, 0.717) is 6.54 Å². The van der Waals surface area contributed by atoms with Crippen LogP contribution in [0.5, 0.6) is 0 Å². The van der Waals surface area contributed by atoms with Gasteiger partial charge in [-0.3, -0.25) is 14.5 Å². The number of hydrogen-bond acceptors (Lipinski definition) is 5. The van der Waals surface area contributed by atoms with E-state index >= 15 is 0 Å². The standard InChI is InChI=1S/C19H28N2O3S/c1-15(25-14-16-7-5-4-6-8-16)19(23)24-17-9-11-21(12-10-17)13-18(22)20(2)3/h4-8,15,17H,9-14H2,1-3H3. The lowest BCUT2D eigenvalue weighted by atomic mass is 10.1. The quantitative estimate of drug-likeness (QED) is 0.696. The van der Waals surface area contributed by atoms with E-state index in [1.54, 1.807) is 30.8 Å². The van der Waals surface area contributed by atoms with Gasteiger partial charge in [0.05, 0.1) is 11.8 Å². The van der Waals surface area contributed by atoms with Gasteiger partial charge in [0.2, 0.25) is 5.91 Å².